The van der Waals surface area contributed by atoms with Crippen LogP contribution in [0.2, 0.25) is 0 Å². The summed E-state index contributed by atoms with van der Waals surface area (Å²) in [6.45, 7) is 7.47. The number of hydrogen-bond acceptors (Lipinski definition) is 5. The van der Waals surface area contributed by atoms with Gasteiger partial charge in [-0.3, -0.25) is 14.5 Å². The van der Waals surface area contributed by atoms with Gasteiger partial charge in [-0.15, -0.1) is 0 Å². The van der Waals surface area contributed by atoms with E-state index in [2.05, 4.69) is 27.9 Å². The van der Waals surface area contributed by atoms with Crippen molar-refractivity contribution in [1.29, 1.82) is 0 Å². The summed E-state index contributed by atoms with van der Waals surface area (Å²) >= 11 is 0. The number of pyridine rings is 1. The second kappa shape index (κ2) is 8.72. The number of rotatable bonds is 5. The monoisotopic (exact) mass is 446 g/mol. The molecule has 0 radical (unpaired) electrons. The van der Waals surface area contributed by atoms with Gasteiger partial charge < -0.3 is 10.6 Å². The maximum absolute atomic E-state index is 14.8. The zero-order valence-electron chi connectivity index (χ0n) is 19.3. The van der Waals surface area contributed by atoms with Crippen LogP contribution in [0.3, 0.4) is 0 Å². The minimum Gasteiger partial charge on any atom is -0.383 e. The quantitative estimate of drug-likeness (QED) is 0.642. The molecule has 0 amide bonds. The van der Waals surface area contributed by atoms with Crippen molar-refractivity contribution >= 4 is 11.9 Å². The zero-order chi connectivity index (χ0) is 23.0. The summed E-state index contributed by atoms with van der Waals surface area (Å²) in [6.07, 6.45) is 10.0. The number of halogens is 1. The van der Waals surface area contributed by atoms with Crippen LogP contribution >= 0.6 is 0 Å². The molecule has 2 aromatic heterocycles. The first kappa shape index (κ1) is 21.8. The average Bonchev–Trinajstić information content (AvgIpc) is 3.48. The lowest BCUT2D eigenvalue weighted by atomic mass is 9.86. The number of nitrogens with zero attached hydrogens (tertiary/aromatic N) is 5. The Morgan fingerprint density at radius 2 is 1.91 bits per heavy atom. The summed E-state index contributed by atoms with van der Waals surface area (Å²) in [5.41, 5.74) is 9.86. The Hall–Kier alpha value is -3.03. The van der Waals surface area contributed by atoms with E-state index in [1.54, 1.807) is 23.0 Å². The second-order valence-corrected chi connectivity index (χ2v) is 9.61. The fraction of sp³-hybridized carbons (Fsp3) is 0.385. The van der Waals surface area contributed by atoms with Crippen molar-refractivity contribution in [1.82, 2.24) is 24.3 Å². The molecular weight excluding hydrogens is 415 g/mol. The molecule has 2 aliphatic heterocycles. The van der Waals surface area contributed by atoms with Crippen molar-refractivity contribution in [2.45, 2.75) is 19.8 Å². The molecule has 172 valence electrons. The normalized spacial score (nSPS) is 21.7. The van der Waals surface area contributed by atoms with E-state index in [0.717, 1.165) is 30.9 Å². The van der Waals surface area contributed by atoms with Gasteiger partial charge in [0, 0.05) is 32.0 Å². The van der Waals surface area contributed by atoms with Crippen molar-refractivity contribution in [3.63, 3.8) is 0 Å². The summed E-state index contributed by atoms with van der Waals surface area (Å²) in [4.78, 5) is 13.8. The number of imidazole rings is 1. The van der Waals surface area contributed by atoms with Gasteiger partial charge in [-0.1, -0.05) is 17.7 Å². The SMILES string of the molecule is Cc1ccc(F)c(-c2nc(/C=C\CN3CCC4(CCN(C)C4)C3)c(N)n2-c2ccncc2)c1. The predicted molar refractivity (Wildman–Crippen MR) is 131 cm³/mol. The molecule has 1 unspecified atom stereocenters. The number of aromatic nitrogens is 3. The molecule has 7 heteroatoms. The first-order chi connectivity index (χ1) is 15.9. The van der Waals surface area contributed by atoms with Crippen LogP contribution in [0.5, 0.6) is 0 Å². The molecule has 1 spiro atoms. The lowest BCUT2D eigenvalue weighted by molar-refractivity contribution is 0.267. The van der Waals surface area contributed by atoms with Crippen LogP contribution in [0.1, 0.15) is 24.1 Å². The molecule has 2 fully saturated rings. The Kier molecular flexibility index (Phi) is 5.76. The van der Waals surface area contributed by atoms with E-state index < -0.39 is 0 Å². The van der Waals surface area contributed by atoms with Gasteiger partial charge in [-0.05, 0) is 75.7 Å². The van der Waals surface area contributed by atoms with Gasteiger partial charge in [0.05, 0.1) is 11.3 Å². The van der Waals surface area contributed by atoms with Crippen LogP contribution in [0.15, 0.2) is 48.8 Å². The number of likely N-dealkylation sites (tertiary alicyclic amines) is 2. The number of aryl methyl sites for hydroxylation is 1. The predicted octanol–water partition coefficient (Wildman–Crippen LogP) is 4.00. The Balaban J connectivity index is 1.43. The molecule has 5 rings (SSSR count). The molecule has 0 aliphatic carbocycles. The van der Waals surface area contributed by atoms with Crippen LogP contribution in [-0.4, -0.2) is 64.1 Å². The molecule has 1 atom stereocenters. The Labute approximate surface area is 194 Å². The molecule has 33 heavy (non-hydrogen) atoms. The van der Waals surface area contributed by atoms with E-state index in [-0.39, 0.29) is 5.82 Å². The highest BCUT2D eigenvalue weighted by atomic mass is 19.1. The smallest absolute Gasteiger partial charge is 0.149 e. The second-order valence-electron chi connectivity index (χ2n) is 9.61. The van der Waals surface area contributed by atoms with Gasteiger partial charge in [0.15, 0.2) is 0 Å². The molecule has 4 heterocycles. The minimum atomic E-state index is -0.319. The molecule has 3 aromatic rings. The summed E-state index contributed by atoms with van der Waals surface area (Å²) < 4.78 is 16.6. The fourth-order valence-electron chi connectivity index (χ4n) is 5.31. The van der Waals surface area contributed by atoms with Crippen LogP contribution in [0, 0.1) is 18.2 Å². The third kappa shape index (κ3) is 4.30. The average molecular weight is 447 g/mol. The molecule has 0 saturated carbocycles. The highest BCUT2D eigenvalue weighted by Crippen LogP contribution is 2.38. The Bertz CT molecular complexity index is 1170. The van der Waals surface area contributed by atoms with Crippen molar-refractivity contribution in [3.05, 3.63) is 65.9 Å². The number of hydrogen-bond donors (Lipinski definition) is 1. The Morgan fingerprint density at radius 3 is 2.67 bits per heavy atom. The standard InChI is InChI=1S/C26H31FN6/c1-19-5-6-22(27)21(16-19)25-30-23(24(28)33(25)20-7-11-29-12-8-20)4-3-13-32-15-10-26(18-32)9-14-31(2)17-26/h3-8,11-12,16H,9-10,13-15,17-18,28H2,1-2H3/b4-3-. The van der Waals surface area contributed by atoms with E-state index in [9.17, 15) is 4.39 Å². The molecule has 2 saturated heterocycles. The fourth-order valence-corrected chi connectivity index (χ4v) is 5.31. The molecule has 2 N–H and O–H groups in total. The lowest BCUT2D eigenvalue weighted by Gasteiger charge is -2.23. The van der Waals surface area contributed by atoms with E-state index in [1.165, 1.54) is 32.0 Å². The number of anilines is 1. The van der Waals surface area contributed by atoms with Crippen LogP contribution in [0.25, 0.3) is 23.2 Å². The van der Waals surface area contributed by atoms with Crippen LogP contribution in [-0.2, 0) is 0 Å². The van der Waals surface area contributed by atoms with Gasteiger partial charge >= 0.3 is 0 Å². The Morgan fingerprint density at radius 1 is 1.12 bits per heavy atom. The maximum atomic E-state index is 14.8. The minimum absolute atomic E-state index is 0.319. The molecule has 0 bridgehead atoms. The van der Waals surface area contributed by atoms with Gasteiger partial charge in [-0.25, -0.2) is 9.37 Å². The molecule has 2 aliphatic rings. The topological polar surface area (TPSA) is 63.2 Å². The lowest BCUT2D eigenvalue weighted by Crippen LogP contribution is -2.29. The maximum Gasteiger partial charge on any atom is 0.149 e. The third-order valence-corrected chi connectivity index (χ3v) is 7.01. The first-order valence-electron chi connectivity index (χ1n) is 11.6. The number of nitrogen functional groups attached to an aromatic ring is 1. The van der Waals surface area contributed by atoms with Gasteiger partial charge in [0.1, 0.15) is 23.2 Å². The van der Waals surface area contributed by atoms with Crippen molar-refractivity contribution < 1.29 is 4.39 Å². The van der Waals surface area contributed by atoms with E-state index in [0.29, 0.717) is 28.3 Å². The molecule has 6 nitrogen and oxygen atoms in total. The summed E-state index contributed by atoms with van der Waals surface area (Å²) in [7, 11) is 2.22. The van der Waals surface area contributed by atoms with Crippen LogP contribution < -0.4 is 5.73 Å². The van der Waals surface area contributed by atoms with Gasteiger partial charge in [0.25, 0.3) is 0 Å². The summed E-state index contributed by atoms with van der Waals surface area (Å²) in [6, 6.07) is 8.75. The van der Waals surface area contributed by atoms with Gasteiger partial charge in [0.2, 0.25) is 0 Å². The highest BCUT2D eigenvalue weighted by molar-refractivity contribution is 5.71. The summed E-state index contributed by atoms with van der Waals surface area (Å²) in [5, 5.41) is 0. The van der Waals surface area contributed by atoms with E-state index in [4.69, 9.17) is 10.7 Å². The van der Waals surface area contributed by atoms with Crippen molar-refractivity contribution in [3.8, 4) is 17.1 Å². The summed E-state index contributed by atoms with van der Waals surface area (Å²) in [5.74, 6) is 0.665. The highest BCUT2D eigenvalue weighted by Gasteiger charge is 2.41. The third-order valence-electron chi connectivity index (χ3n) is 7.01. The molecular formula is C26H31FN6. The first-order valence-corrected chi connectivity index (χ1v) is 11.6. The van der Waals surface area contributed by atoms with Crippen LogP contribution in [0.4, 0.5) is 10.2 Å². The van der Waals surface area contributed by atoms with Crippen molar-refractivity contribution in [2.24, 2.45) is 5.41 Å². The van der Waals surface area contributed by atoms with Gasteiger partial charge in [-0.2, -0.15) is 0 Å². The number of benzene rings is 1. The number of nitrogens with two attached hydrogens (primary N) is 1. The largest absolute Gasteiger partial charge is 0.383 e. The van der Waals surface area contributed by atoms with E-state index >= 15 is 0 Å². The van der Waals surface area contributed by atoms with Crippen molar-refractivity contribution in [2.75, 3.05) is 45.5 Å². The molecule has 1 aromatic carbocycles. The van der Waals surface area contributed by atoms with E-state index in [1.807, 2.05) is 31.2 Å². The zero-order valence-corrected chi connectivity index (χ0v) is 19.3.